The number of oxazole rings is 1. The van der Waals surface area contributed by atoms with Gasteiger partial charge in [0.1, 0.15) is 5.69 Å². The van der Waals surface area contributed by atoms with Crippen molar-refractivity contribution in [3.63, 3.8) is 0 Å². The monoisotopic (exact) mass is 285 g/mol. The Labute approximate surface area is 113 Å². The molecule has 0 aliphatic heterocycles. The summed E-state index contributed by atoms with van der Waals surface area (Å²) in [6.07, 6.45) is -2.35. The topological polar surface area (TPSA) is 81.1 Å². The molecule has 6 nitrogen and oxygen atoms in total. The van der Waals surface area contributed by atoms with Gasteiger partial charge in [-0.3, -0.25) is 4.68 Å². The van der Waals surface area contributed by atoms with Gasteiger partial charge < -0.3 is 9.52 Å². The number of halogens is 2. The van der Waals surface area contributed by atoms with Gasteiger partial charge in [0.15, 0.2) is 5.69 Å². The van der Waals surface area contributed by atoms with Gasteiger partial charge in [-0.2, -0.15) is 5.10 Å². The lowest BCUT2D eigenvalue weighted by Gasteiger charge is -1.99. The summed E-state index contributed by atoms with van der Waals surface area (Å²) < 4.78 is 32.0. The van der Waals surface area contributed by atoms with Crippen LogP contribution < -0.4 is 0 Å². The van der Waals surface area contributed by atoms with E-state index in [1.807, 2.05) is 13.8 Å². The van der Waals surface area contributed by atoms with Crippen molar-refractivity contribution in [1.29, 1.82) is 0 Å². The van der Waals surface area contributed by atoms with Crippen molar-refractivity contribution in [2.24, 2.45) is 0 Å². The van der Waals surface area contributed by atoms with Crippen molar-refractivity contribution in [2.45, 2.75) is 33.2 Å². The highest BCUT2D eigenvalue weighted by Crippen LogP contribution is 2.28. The van der Waals surface area contributed by atoms with E-state index < -0.39 is 23.8 Å². The van der Waals surface area contributed by atoms with Crippen molar-refractivity contribution < 1.29 is 23.1 Å². The van der Waals surface area contributed by atoms with Gasteiger partial charge in [0.25, 0.3) is 6.43 Å². The SMILES string of the molecule is CCc1cc(-c2nc(C(F)F)c(C(=O)O)o2)n(CC)n1. The Bertz CT molecular complexity index is 634. The van der Waals surface area contributed by atoms with Crippen molar-refractivity contribution in [3.8, 4) is 11.6 Å². The normalized spacial score (nSPS) is 11.2. The first-order valence-electron chi connectivity index (χ1n) is 6.07. The van der Waals surface area contributed by atoms with Gasteiger partial charge in [-0.05, 0) is 19.4 Å². The maximum Gasteiger partial charge on any atom is 0.374 e. The van der Waals surface area contributed by atoms with E-state index in [0.717, 1.165) is 5.69 Å². The molecule has 0 spiro atoms. The van der Waals surface area contributed by atoms with Crippen LogP contribution in [0.25, 0.3) is 11.6 Å². The van der Waals surface area contributed by atoms with Gasteiger partial charge in [-0.25, -0.2) is 18.6 Å². The van der Waals surface area contributed by atoms with E-state index in [4.69, 9.17) is 9.52 Å². The Morgan fingerprint density at radius 3 is 2.65 bits per heavy atom. The summed E-state index contributed by atoms with van der Waals surface area (Å²) in [6.45, 7) is 4.21. The highest BCUT2D eigenvalue weighted by molar-refractivity contribution is 5.86. The molecular formula is C12H13F2N3O3. The molecule has 2 rings (SSSR count). The van der Waals surface area contributed by atoms with Crippen LogP contribution in [0.4, 0.5) is 8.78 Å². The zero-order valence-electron chi connectivity index (χ0n) is 10.9. The van der Waals surface area contributed by atoms with Crippen LogP contribution in [0.5, 0.6) is 0 Å². The lowest BCUT2D eigenvalue weighted by molar-refractivity contribution is 0.0646. The molecule has 0 radical (unpaired) electrons. The Morgan fingerprint density at radius 1 is 1.50 bits per heavy atom. The molecule has 0 aromatic carbocycles. The Morgan fingerprint density at radius 2 is 2.20 bits per heavy atom. The zero-order valence-corrected chi connectivity index (χ0v) is 10.9. The number of carboxylic acids is 1. The molecule has 0 saturated heterocycles. The summed E-state index contributed by atoms with van der Waals surface area (Å²) in [4.78, 5) is 14.5. The van der Waals surface area contributed by atoms with Crippen LogP contribution in [0.3, 0.4) is 0 Å². The van der Waals surface area contributed by atoms with E-state index in [2.05, 4.69) is 10.1 Å². The summed E-state index contributed by atoms with van der Waals surface area (Å²) in [7, 11) is 0. The predicted molar refractivity (Wildman–Crippen MR) is 64.7 cm³/mol. The molecule has 108 valence electrons. The van der Waals surface area contributed by atoms with Crippen molar-refractivity contribution in [1.82, 2.24) is 14.8 Å². The first kappa shape index (κ1) is 14.2. The highest BCUT2D eigenvalue weighted by atomic mass is 19.3. The number of aromatic carboxylic acids is 1. The van der Waals surface area contributed by atoms with Gasteiger partial charge in [0, 0.05) is 6.54 Å². The van der Waals surface area contributed by atoms with Crippen LogP contribution in [-0.2, 0) is 13.0 Å². The number of carbonyl (C=O) groups is 1. The first-order valence-corrected chi connectivity index (χ1v) is 6.07. The number of hydrogen-bond donors (Lipinski definition) is 1. The molecule has 1 N–H and O–H groups in total. The fourth-order valence-electron chi connectivity index (χ4n) is 1.80. The smallest absolute Gasteiger partial charge is 0.374 e. The quantitative estimate of drug-likeness (QED) is 0.913. The summed E-state index contributed by atoms with van der Waals surface area (Å²) in [6, 6.07) is 1.65. The number of carboxylic acid groups (broad SMARTS) is 1. The molecular weight excluding hydrogens is 272 g/mol. The van der Waals surface area contributed by atoms with Crippen LogP contribution in [0.15, 0.2) is 10.5 Å². The molecule has 0 saturated carbocycles. The predicted octanol–water partition coefficient (Wildman–Crippen LogP) is 2.76. The number of rotatable bonds is 5. The Kier molecular flexibility index (Phi) is 3.82. The van der Waals surface area contributed by atoms with Gasteiger partial charge in [-0.15, -0.1) is 0 Å². The summed E-state index contributed by atoms with van der Waals surface area (Å²) in [5.41, 5.74) is 0.267. The number of hydrogen-bond acceptors (Lipinski definition) is 4. The van der Waals surface area contributed by atoms with Crippen LogP contribution in [0.2, 0.25) is 0 Å². The number of aromatic nitrogens is 3. The average Bonchev–Trinajstić information content (AvgIpc) is 3.01. The zero-order chi connectivity index (χ0) is 14.9. The molecule has 0 bridgehead atoms. The first-order chi connectivity index (χ1) is 9.47. The van der Waals surface area contributed by atoms with E-state index in [9.17, 15) is 13.6 Å². The van der Waals surface area contributed by atoms with Crippen molar-refractivity contribution in [3.05, 3.63) is 23.2 Å². The Balaban J connectivity index is 2.55. The second kappa shape index (κ2) is 5.40. The third-order valence-corrected chi connectivity index (χ3v) is 2.77. The second-order valence-electron chi connectivity index (χ2n) is 4.03. The third kappa shape index (κ3) is 2.40. The number of alkyl halides is 2. The van der Waals surface area contributed by atoms with E-state index in [1.165, 1.54) is 4.68 Å². The maximum absolute atomic E-state index is 12.8. The lowest BCUT2D eigenvalue weighted by atomic mass is 10.3. The van der Waals surface area contributed by atoms with Crippen LogP contribution >= 0.6 is 0 Å². The maximum atomic E-state index is 12.8. The molecule has 0 unspecified atom stereocenters. The Hall–Kier alpha value is -2.25. The summed E-state index contributed by atoms with van der Waals surface area (Å²) >= 11 is 0. The minimum absolute atomic E-state index is 0.160. The molecule has 20 heavy (non-hydrogen) atoms. The van der Waals surface area contributed by atoms with E-state index in [1.54, 1.807) is 6.07 Å². The molecule has 0 atom stereocenters. The number of nitrogens with zero attached hydrogens (tertiary/aromatic N) is 3. The van der Waals surface area contributed by atoms with Gasteiger partial charge >= 0.3 is 5.97 Å². The fraction of sp³-hybridized carbons (Fsp3) is 0.417. The summed E-state index contributed by atoms with van der Waals surface area (Å²) in [5.74, 6) is -2.57. The van der Waals surface area contributed by atoms with Crippen LogP contribution in [0.1, 0.15) is 42.2 Å². The molecule has 8 heteroatoms. The van der Waals surface area contributed by atoms with Gasteiger partial charge in [0.2, 0.25) is 11.7 Å². The third-order valence-electron chi connectivity index (χ3n) is 2.77. The van der Waals surface area contributed by atoms with Crippen LogP contribution in [0, 0.1) is 0 Å². The lowest BCUT2D eigenvalue weighted by Crippen LogP contribution is -2.00. The average molecular weight is 285 g/mol. The summed E-state index contributed by atoms with van der Waals surface area (Å²) in [5, 5.41) is 13.1. The van der Waals surface area contributed by atoms with Crippen molar-refractivity contribution in [2.75, 3.05) is 0 Å². The molecule has 0 aliphatic carbocycles. The highest BCUT2D eigenvalue weighted by Gasteiger charge is 2.28. The second-order valence-corrected chi connectivity index (χ2v) is 4.03. The minimum atomic E-state index is -3.01. The molecule has 2 aromatic rings. The van der Waals surface area contributed by atoms with Gasteiger partial charge in [-0.1, -0.05) is 6.92 Å². The number of aryl methyl sites for hydroxylation is 2. The molecule has 2 aromatic heterocycles. The van der Waals surface area contributed by atoms with E-state index >= 15 is 0 Å². The molecule has 0 amide bonds. The molecule has 0 aliphatic rings. The minimum Gasteiger partial charge on any atom is -0.475 e. The van der Waals surface area contributed by atoms with Crippen LogP contribution in [-0.4, -0.2) is 25.8 Å². The largest absolute Gasteiger partial charge is 0.475 e. The van der Waals surface area contributed by atoms with Gasteiger partial charge in [0.05, 0.1) is 5.69 Å². The molecule has 2 heterocycles. The molecule has 0 fully saturated rings. The van der Waals surface area contributed by atoms with Crippen molar-refractivity contribution >= 4 is 5.97 Å². The van der Waals surface area contributed by atoms with E-state index in [0.29, 0.717) is 18.7 Å². The standard InChI is InChI=1S/C12H13F2N3O3/c1-3-6-5-7(17(4-2)16-6)11-15-8(10(13)14)9(20-11)12(18)19/h5,10H,3-4H2,1-2H3,(H,18,19). The fourth-order valence-corrected chi connectivity index (χ4v) is 1.80. The van der Waals surface area contributed by atoms with E-state index in [-0.39, 0.29) is 5.89 Å².